The molecule has 0 unspecified atom stereocenters. The van der Waals surface area contributed by atoms with Crippen molar-refractivity contribution in [2.45, 2.75) is 18.8 Å². The molecule has 1 aromatic heterocycles. The van der Waals surface area contributed by atoms with Crippen LogP contribution in [0.2, 0.25) is 0 Å². The number of halogens is 1. The number of fused-ring (bicyclic) bond motifs is 1. The minimum Gasteiger partial charge on any atom is -0.457 e. The second-order valence-corrected chi connectivity index (χ2v) is 7.37. The number of hydrogen-bond acceptors (Lipinski definition) is 3. The number of piperidine rings is 1. The minimum absolute atomic E-state index is 0.273. The summed E-state index contributed by atoms with van der Waals surface area (Å²) in [6.45, 7) is 2.05. The Labute approximate surface area is 169 Å². The third kappa shape index (κ3) is 3.61. The predicted molar refractivity (Wildman–Crippen MR) is 112 cm³/mol. The Hall–Kier alpha value is -3.18. The van der Waals surface area contributed by atoms with Gasteiger partial charge in [-0.2, -0.15) is 0 Å². The lowest BCUT2D eigenvalue weighted by atomic mass is 9.97. The lowest BCUT2D eigenvalue weighted by Gasteiger charge is -2.23. The van der Waals surface area contributed by atoms with Crippen molar-refractivity contribution >= 4 is 11.0 Å². The van der Waals surface area contributed by atoms with Gasteiger partial charge in [-0.25, -0.2) is 9.37 Å². The summed E-state index contributed by atoms with van der Waals surface area (Å²) in [6, 6.07) is 22.3. The highest BCUT2D eigenvalue weighted by atomic mass is 19.1. The SMILES string of the molecule is Fc1ccc(Oc2ccc(-n3c(C4CCNCC4)nc4ccccc43)cc2)cc1. The molecule has 2 heterocycles. The molecule has 5 heteroatoms. The molecule has 5 rings (SSSR count). The van der Waals surface area contributed by atoms with E-state index >= 15 is 0 Å². The van der Waals surface area contributed by atoms with Gasteiger partial charge in [-0.3, -0.25) is 4.57 Å². The fraction of sp³-hybridized carbons (Fsp3) is 0.208. The Bertz CT molecular complexity index is 1110. The van der Waals surface area contributed by atoms with Crippen molar-refractivity contribution in [2.75, 3.05) is 13.1 Å². The highest BCUT2D eigenvalue weighted by molar-refractivity contribution is 5.78. The maximum Gasteiger partial charge on any atom is 0.127 e. The van der Waals surface area contributed by atoms with E-state index in [9.17, 15) is 4.39 Å². The molecule has 0 atom stereocenters. The third-order valence-corrected chi connectivity index (χ3v) is 5.44. The second-order valence-electron chi connectivity index (χ2n) is 7.37. The second kappa shape index (κ2) is 7.68. The van der Waals surface area contributed by atoms with Gasteiger partial charge < -0.3 is 10.1 Å². The predicted octanol–water partition coefficient (Wildman–Crippen LogP) is 5.42. The van der Waals surface area contributed by atoms with Gasteiger partial charge in [-0.1, -0.05) is 12.1 Å². The van der Waals surface area contributed by atoms with Gasteiger partial charge in [0.25, 0.3) is 0 Å². The van der Waals surface area contributed by atoms with Crippen LogP contribution >= 0.6 is 0 Å². The van der Waals surface area contributed by atoms with Crippen molar-refractivity contribution in [1.82, 2.24) is 14.9 Å². The number of aromatic nitrogens is 2. The summed E-state index contributed by atoms with van der Waals surface area (Å²) >= 11 is 0. The van der Waals surface area contributed by atoms with Crippen LogP contribution in [0.5, 0.6) is 11.5 Å². The van der Waals surface area contributed by atoms with Gasteiger partial charge in [0.15, 0.2) is 0 Å². The van der Waals surface area contributed by atoms with Gasteiger partial charge in [-0.05, 0) is 86.6 Å². The third-order valence-electron chi connectivity index (χ3n) is 5.44. The summed E-state index contributed by atoms with van der Waals surface area (Å²) < 4.78 is 21.2. The van der Waals surface area contributed by atoms with Crippen LogP contribution in [0.25, 0.3) is 16.7 Å². The lowest BCUT2D eigenvalue weighted by Crippen LogP contribution is -2.28. The molecule has 1 aliphatic heterocycles. The summed E-state index contributed by atoms with van der Waals surface area (Å²) in [5, 5.41) is 3.43. The maximum absolute atomic E-state index is 13.1. The summed E-state index contributed by atoms with van der Waals surface area (Å²) in [4.78, 5) is 4.98. The number of para-hydroxylation sites is 2. The first-order valence-corrected chi connectivity index (χ1v) is 10.00. The molecule has 1 fully saturated rings. The molecule has 0 bridgehead atoms. The van der Waals surface area contributed by atoms with Crippen molar-refractivity contribution in [3.05, 3.63) is 84.4 Å². The van der Waals surface area contributed by atoms with Gasteiger partial charge in [0.05, 0.1) is 11.0 Å². The number of nitrogens with zero attached hydrogens (tertiary/aromatic N) is 2. The number of hydrogen-bond donors (Lipinski definition) is 1. The van der Waals surface area contributed by atoms with Crippen LogP contribution in [0, 0.1) is 5.82 Å². The fourth-order valence-electron chi connectivity index (χ4n) is 3.97. The highest BCUT2D eigenvalue weighted by Gasteiger charge is 2.23. The Morgan fingerprint density at radius 2 is 1.52 bits per heavy atom. The van der Waals surface area contributed by atoms with E-state index in [1.54, 1.807) is 12.1 Å². The topological polar surface area (TPSA) is 39.1 Å². The van der Waals surface area contributed by atoms with Gasteiger partial charge >= 0.3 is 0 Å². The maximum atomic E-state index is 13.1. The van der Waals surface area contributed by atoms with E-state index in [1.807, 2.05) is 18.2 Å². The molecule has 0 aliphatic carbocycles. The normalized spacial score (nSPS) is 14.9. The van der Waals surface area contributed by atoms with Crippen LogP contribution in [0.1, 0.15) is 24.6 Å². The molecule has 1 N–H and O–H groups in total. The van der Waals surface area contributed by atoms with E-state index in [1.165, 1.54) is 12.1 Å². The summed E-state index contributed by atoms with van der Waals surface area (Å²) in [7, 11) is 0. The quantitative estimate of drug-likeness (QED) is 0.508. The summed E-state index contributed by atoms with van der Waals surface area (Å²) in [5.41, 5.74) is 3.21. The van der Waals surface area contributed by atoms with Crippen LogP contribution in [0.15, 0.2) is 72.8 Å². The molecule has 0 spiro atoms. The fourth-order valence-corrected chi connectivity index (χ4v) is 3.97. The van der Waals surface area contributed by atoms with Crippen LogP contribution in [-0.4, -0.2) is 22.6 Å². The molecule has 29 heavy (non-hydrogen) atoms. The molecule has 1 aliphatic rings. The number of nitrogens with one attached hydrogen (secondary N) is 1. The zero-order valence-electron chi connectivity index (χ0n) is 16.0. The molecular weight excluding hydrogens is 365 g/mol. The number of benzene rings is 3. The van der Waals surface area contributed by atoms with Crippen LogP contribution in [0.3, 0.4) is 0 Å². The molecule has 4 aromatic rings. The molecular formula is C24H22FN3O. The summed E-state index contributed by atoms with van der Waals surface area (Å²) in [6.07, 6.45) is 2.18. The van der Waals surface area contributed by atoms with E-state index in [0.29, 0.717) is 17.4 Å². The standard InChI is InChI=1S/C24H22FN3O/c25-18-5-9-20(10-6-18)29-21-11-7-19(8-12-21)28-23-4-2-1-3-22(23)27-24(28)17-13-15-26-16-14-17/h1-12,17,26H,13-16H2. The van der Waals surface area contributed by atoms with Gasteiger partial charge in [0.2, 0.25) is 0 Å². The first kappa shape index (κ1) is 17.9. The van der Waals surface area contributed by atoms with Gasteiger partial charge in [-0.15, -0.1) is 0 Å². The van der Waals surface area contributed by atoms with E-state index in [4.69, 9.17) is 9.72 Å². The van der Waals surface area contributed by atoms with Crippen LogP contribution in [-0.2, 0) is 0 Å². The zero-order chi connectivity index (χ0) is 19.6. The van der Waals surface area contributed by atoms with E-state index in [0.717, 1.165) is 48.5 Å². The number of rotatable bonds is 4. The van der Waals surface area contributed by atoms with Gasteiger partial charge in [0, 0.05) is 11.6 Å². The average molecular weight is 387 g/mol. The highest BCUT2D eigenvalue weighted by Crippen LogP contribution is 2.32. The largest absolute Gasteiger partial charge is 0.457 e. The van der Waals surface area contributed by atoms with Gasteiger partial charge in [0.1, 0.15) is 23.1 Å². The van der Waals surface area contributed by atoms with E-state index < -0.39 is 0 Å². The smallest absolute Gasteiger partial charge is 0.127 e. The van der Waals surface area contributed by atoms with E-state index in [-0.39, 0.29) is 5.82 Å². The van der Waals surface area contributed by atoms with Crippen molar-refractivity contribution in [1.29, 1.82) is 0 Å². The minimum atomic E-state index is -0.273. The Morgan fingerprint density at radius 3 is 2.24 bits per heavy atom. The average Bonchev–Trinajstić information content (AvgIpc) is 3.16. The van der Waals surface area contributed by atoms with Crippen molar-refractivity contribution in [3.63, 3.8) is 0 Å². The summed E-state index contributed by atoms with van der Waals surface area (Å²) in [5.74, 6) is 2.62. The first-order valence-electron chi connectivity index (χ1n) is 10.00. The lowest BCUT2D eigenvalue weighted by molar-refractivity contribution is 0.442. The molecule has 146 valence electrons. The van der Waals surface area contributed by atoms with Crippen LogP contribution in [0.4, 0.5) is 4.39 Å². The van der Waals surface area contributed by atoms with E-state index in [2.05, 4.69) is 40.2 Å². The van der Waals surface area contributed by atoms with Crippen molar-refractivity contribution in [3.8, 4) is 17.2 Å². The Kier molecular flexibility index (Phi) is 4.74. The van der Waals surface area contributed by atoms with Crippen molar-refractivity contribution < 1.29 is 9.13 Å². The zero-order valence-corrected chi connectivity index (χ0v) is 16.0. The molecule has 0 saturated carbocycles. The molecule has 1 saturated heterocycles. The number of ether oxygens (including phenoxy) is 1. The molecule has 0 amide bonds. The molecule has 4 nitrogen and oxygen atoms in total. The number of imidazole rings is 1. The Balaban J connectivity index is 1.50. The monoisotopic (exact) mass is 387 g/mol. The van der Waals surface area contributed by atoms with Crippen molar-refractivity contribution in [2.24, 2.45) is 0 Å². The van der Waals surface area contributed by atoms with Crippen LogP contribution < -0.4 is 10.1 Å². The molecule has 0 radical (unpaired) electrons. The first-order chi connectivity index (χ1) is 14.3. The Morgan fingerprint density at radius 1 is 0.862 bits per heavy atom. The molecule has 3 aromatic carbocycles.